The number of aromatic nitrogens is 3. The number of hydrogen-bond acceptors (Lipinski definition) is 5. The standard InChI is InChI=1S/C24H27ClN4O2S/c1-28(18-8-4-3-5-9-18)22(30)16-32-24-27-26-23(20-10-6-7-11-21(20)31-2)29(24)19-14-12-17(25)13-15-19/h6-7,10-15,18H,3-5,8-9,16H2,1-2H3. The van der Waals surface area contributed by atoms with E-state index in [1.807, 2.05) is 65.0 Å². The van der Waals surface area contributed by atoms with Gasteiger partial charge in [0, 0.05) is 23.8 Å². The molecule has 0 saturated heterocycles. The molecule has 1 heterocycles. The number of ether oxygens (including phenoxy) is 1. The zero-order chi connectivity index (χ0) is 22.5. The molecule has 1 fully saturated rings. The van der Waals surface area contributed by atoms with Crippen LogP contribution in [0.4, 0.5) is 0 Å². The first kappa shape index (κ1) is 22.7. The Balaban J connectivity index is 1.62. The average Bonchev–Trinajstić information content (AvgIpc) is 3.26. The third-order valence-electron chi connectivity index (χ3n) is 5.91. The minimum atomic E-state index is 0.117. The summed E-state index contributed by atoms with van der Waals surface area (Å²) in [5.41, 5.74) is 1.70. The van der Waals surface area contributed by atoms with E-state index >= 15 is 0 Å². The summed E-state index contributed by atoms with van der Waals surface area (Å²) in [5.74, 6) is 1.79. The molecule has 6 nitrogen and oxygen atoms in total. The van der Waals surface area contributed by atoms with Gasteiger partial charge in [-0.15, -0.1) is 10.2 Å². The predicted molar refractivity (Wildman–Crippen MR) is 129 cm³/mol. The third-order valence-corrected chi connectivity index (χ3v) is 7.07. The highest BCUT2D eigenvalue weighted by Gasteiger charge is 2.24. The van der Waals surface area contributed by atoms with Gasteiger partial charge in [0.1, 0.15) is 5.75 Å². The second-order valence-electron chi connectivity index (χ2n) is 7.90. The predicted octanol–water partition coefficient (Wildman–Crippen LogP) is 5.48. The number of hydrogen-bond donors (Lipinski definition) is 0. The summed E-state index contributed by atoms with van der Waals surface area (Å²) < 4.78 is 7.50. The van der Waals surface area contributed by atoms with Gasteiger partial charge in [0.2, 0.25) is 5.91 Å². The van der Waals surface area contributed by atoms with Gasteiger partial charge in [-0.05, 0) is 49.2 Å². The summed E-state index contributed by atoms with van der Waals surface area (Å²) in [4.78, 5) is 14.8. The van der Waals surface area contributed by atoms with Gasteiger partial charge in [-0.1, -0.05) is 54.8 Å². The summed E-state index contributed by atoms with van der Waals surface area (Å²) in [6, 6.07) is 15.6. The molecule has 1 saturated carbocycles. The fourth-order valence-corrected chi connectivity index (χ4v) is 5.09. The molecule has 168 valence electrons. The number of rotatable bonds is 7. The van der Waals surface area contributed by atoms with Crippen LogP contribution in [-0.2, 0) is 4.79 Å². The molecule has 0 bridgehead atoms. The maximum Gasteiger partial charge on any atom is 0.233 e. The molecule has 1 aromatic heterocycles. The SMILES string of the molecule is COc1ccccc1-c1nnc(SCC(=O)N(C)C2CCCCC2)n1-c1ccc(Cl)cc1. The topological polar surface area (TPSA) is 60.3 Å². The van der Waals surface area contributed by atoms with Crippen molar-refractivity contribution in [1.82, 2.24) is 19.7 Å². The number of methoxy groups -OCH3 is 1. The fraction of sp³-hybridized carbons (Fsp3) is 0.375. The Morgan fingerprint density at radius 1 is 1.12 bits per heavy atom. The van der Waals surface area contributed by atoms with Gasteiger partial charge in [-0.25, -0.2) is 0 Å². The number of thioether (sulfide) groups is 1. The van der Waals surface area contributed by atoms with Gasteiger partial charge in [0.25, 0.3) is 0 Å². The summed E-state index contributed by atoms with van der Waals surface area (Å²) >= 11 is 7.51. The molecule has 0 atom stereocenters. The van der Waals surface area contributed by atoms with Crippen molar-refractivity contribution >= 4 is 29.3 Å². The molecule has 0 spiro atoms. The quantitative estimate of drug-likeness (QED) is 0.428. The van der Waals surface area contributed by atoms with Gasteiger partial charge in [0.15, 0.2) is 11.0 Å². The lowest BCUT2D eigenvalue weighted by Gasteiger charge is -2.31. The summed E-state index contributed by atoms with van der Waals surface area (Å²) in [6.45, 7) is 0. The Bertz CT molecular complexity index is 1060. The first-order chi connectivity index (χ1) is 15.6. The minimum absolute atomic E-state index is 0.117. The van der Waals surface area contributed by atoms with Crippen molar-refractivity contribution in [1.29, 1.82) is 0 Å². The highest BCUT2D eigenvalue weighted by atomic mass is 35.5. The Kier molecular flexibility index (Phi) is 7.37. The lowest BCUT2D eigenvalue weighted by molar-refractivity contribution is -0.129. The number of halogens is 1. The van der Waals surface area contributed by atoms with Crippen LogP contribution in [0.3, 0.4) is 0 Å². The fourth-order valence-electron chi connectivity index (χ4n) is 4.09. The second kappa shape index (κ2) is 10.4. The molecule has 2 aromatic carbocycles. The van der Waals surface area contributed by atoms with E-state index in [1.165, 1.54) is 31.0 Å². The molecule has 0 N–H and O–H groups in total. The van der Waals surface area contributed by atoms with E-state index in [0.717, 1.165) is 24.1 Å². The van der Waals surface area contributed by atoms with Crippen LogP contribution < -0.4 is 4.74 Å². The highest BCUT2D eigenvalue weighted by Crippen LogP contribution is 2.33. The van der Waals surface area contributed by atoms with E-state index in [-0.39, 0.29) is 5.91 Å². The number of benzene rings is 2. The Hall–Kier alpha value is -2.51. The monoisotopic (exact) mass is 470 g/mol. The van der Waals surface area contributed by atoms with E-state index < -0.39 is 0 Å². The van der Waals surface area contributed by atoms with Gasteiger partial charge < -0.3 is 9.64 Å². The Labute approximate surface area is 197 Å². The van der Waals surface area contributed by atoms with Crippen LogP contribution in [0, 0.1) is 0 Å². The largest absolute Gasteiger partial charge is 0.496 e. The van der Waals surface area contributed by atoms with Gasteiger partial charge in [0.05, 0.1) is 18.4 Å². The van der Waals surface area contributed by atoms with Crippen LogP contribution in [0.2, 0.25) is 5.02 Å². The highest BCUT2D eigenvalue weighted by molar-refractivity contribution is 7.99. The average molecular weight is 471 g/mol. The molecule has 1 aliphatic carbocycles. The van der Waals surface area contributed by atoms with Crippen LogP contribution in [0.15, 0.2) is 53.7 Å². The maximum absolute atomic E-state index is 12.9. The van der Waals surface area contributed by atoms with Crippen molar-refractivity contribution < 1.29 is 9.53 Å². The summed E-state index contributed by atoms with van der Waals surface area (Å²) in [5, 5.41) is 10.2. The molecular formula is C24H27ClN4O2S. The number of para-hydroxylation sites is 1. The molecule has 3 aromatic rings. The Morgan fingerprint density at radius 3 is 2.56 bits per heavy atom. The molecule has 0 radical (unpaired) electrons. The van der Waals surface area contributed by atoms with Crippen LogP contribution >= 0.6 is 23.4 Å². The number of nitrogens with zero attached hydrogens (tertiary/aromatic N) is 4. The van der Waals surface area contributed by atoms with Crippen LogP contribution in [0.25, 0.3) is 17.1 Å². The smallest absolute Gasteiger partial charge is 0.233 e. The van der Waals surface area contributed by atoms with E-state index in [4.69, 9.17) is 16.3 Å². The lowest BCUT2D eigenvalue weighted by atomic mass is 9.94. The zero-order valence-corrected chi connectivity index (χ0v) is 19.9. The van der Waals surface area contributed by atoms with Gasteiger partial charge >= 0.3 is 0 Å². The maximum atomic E-state index is 12.9. The number of amides is 1. The van der Waals surface area contributed by atoms with E-state index in [9.17, 15) is 4.79 Å². The van der Waals surface area contributed by atoms with Crippen molar-refractivity contribution in [2.75, 3.05) is 19.9 Å². The van der Waals surface area contributed by atoms with Crippen LogP contribution in [-0.4, -0.2) is 51.5 Å². The van der Waals surface area contributed by atoms with E-state index in [1.54, 1.807) is 7.11 Å². The molecular weight excluding hydrogens is 444 g/mol. The molecule has 0 unspecified atom stereocenters. The molecule has 1 amide bonds. The van der Waals surface area contributed by atoms with Crippen molar-refractivity contribution in [3.63, 3.8) is 0 Å². The summed E-state index contributed by atoms with van der Waals surface area (Å²) in [7, 11) is 3.56. The summed E-state index contributed by atoms with van der Waals surface area (Å²) in [6.07, 6.45) is 5.84. The first-order valence-electron chi connectivity index (χ1n) is 10.8. The third kappa shape index (κ3) is 4.94. The van der Waals surface area contributed by atoms with Crippen molar-refractivity contribution in [2.24, 2.45) is 0 Å². The van der Waals surface area contributed by atoms with Gasteiger partial charge in [-0.3, -0.25) is 9.36 Å². The first-order valence-corrected chi connectivity index (χ1v) is 12.2. The molecule has 8 heteroatoms. The minimum Gasteiger partial charge on any atom is -0.496 e. The van der Waals surface area contributed by atoms with Crippen LogP contribution in [0.1, 0.15) is 32.1 Å². The van der Waals surface area contributed by atoms with E-state index in [2.05, 4.69) is 10.2 Å². The van der Waals surface area contributed by atoms with E-state index in [0.29, 0.717) is 33.5 Å². The van der Waals surface area contributed by atoms with Crippen molar-refractivity contribution in [2.45, 2.75) is 43.3 Å². The van der Waals surface area contributed by atoms with Crippen LogP contribution in [0.5, 0.6) is 5.75 Å². The van der Waals surface area contributed by atoms with Crippen molar-refractivity contribution in [3.8, 4) is 22.8 Å². The Morgan fingerprint density at radius 2 is 1.84 bits per heavy atom. The molecule has 32 heavy (non-hydrogen) atoms. The molecule has 1 aliphatic rings. The normalized spacial score (nSPS) is 14.3. The van der Waals surface area contributed by atoms with Gasteiger partial charge in [-0.2, -0.15) is 0 Å². The molecule has 4 rings (SSSR count). The zero-order valence-electron chi connectivity index (χ0n) is 18.3. The number of carbonyl (C=O) groups excluding carboxylic acids is 1. The second-order valence-corrected chi connectivity index (χ2v) is 9.28. The van der Waals surface area contributed by atoms with Crippen molar-refractivity contribution in [3.05, 3.63) is 53.6 Å². The lowest BCUT2D eigenvalue weighted by Crippen LogP contribution is -2.39. The number of carbonyl (C=O) groups is 1. The molecule has 0 aliphatic heterocycles.